The van der Waals surface area contributed by atoms with Crippen LogP contribution in [0, 0.1) is 0 Å². The summed E-state index contributed by atoms with van der Waals surface area (Å²) in [5.41, 5.74) is 4.28. The molecule has 0 spiro atoms. The predicted molar refractivity (Wildman–Crippen MR) is 105 cm³/mol. The third kappa shape index (κ3) is 3.44. The van der Waals surface area contributed by atoms with Crippen LogP contribution in [0.1, 0.15) is 11.1 Å². The summed E-state index contributed by atoms with van der Waals surface area (Å²) in [6, 6.07) is 22.4. The number of aromatic amines is 1. The van der Waals surface area contributed by atoms with Crippen molar-refractivity contribution in [1.29, 1.82) is 0 Å². The number of benzene rings is 3. The smallest absolute Gasteiger partial charge is 0.224 e. The quantitative estimate of drug-likeness (QED) is 0.507. The summed E-state index contributed by atoms with van der Waals surface area (Å²) in [7, 11) is 0. The van der Waals surface area contributed by atoms with Crippen molar-refractivity contribution in [3.63, 3.8) is 0 Å². The van der Waals surface area contributed by atoms with E-state index in [4.69, 9.17) is 0 Å². The molecule has 124 valence electrons. The Bertz CT molecular complexity index is 1050. The molecular weight excluding hydrogens is 376 g/mol. The predicted octanol–water partition coefficient (Wildman–Crippen LogP) is 4.94. The summed E-state index contributed by atoms with van der Waals surface area (Å²) < 4.78 is 1.04. The first-order valence-electron chi connectivity index (χ1n) is 8.19. The van der Waals surface area contributed by atoms with Gasteiger partial charge < -0.3 is 10.3 Å². The molecule has 1 heterocycles. The lowest BCUT2D eigenvalue weighted by molar-refractivity contribution is -0.120. The maximum absolute atomic E-state index is 12.2. The molecular formula is C21H17BrN2O. The average Bonchev–Trinajstić information content (AvgIpc) is 2.99. The third-order valence-electron chi connectivity index (χ3n) is 4.34. The highest BCUT2D eigenvalue weighted by atomic mass is 79.9. The van der Waals surface area contributed by atoms with E-state index in [9.17, 15) is 4.79 Å². The number of hydrogen-bond donors (Lipinski definition) is 2. The Hall–Kier alpha value is -2.59. The maximum atomic E-state index is 12.2. The summed E-state index contributed by atoms with van der Waals surface area (Å²) in [4.78, 5) is 15.6. The molecule has 0 aliphatic heterocycles. The number of aromatic nitrogens is 1. The van der Waals surface area contributed by atoms with Crippen LogP contribution in [-0.4, -0.2) is 10.9 Å². The third-order valence-corrected chi connectivity index (χ3v) is 4.87. The highest BCUT2D eigenvalue weighted by Gasteiger charge is 2.07. The molecule has 0 radical (unpaired) electrons. The fraction of sp³-hybridized carbons (Fsp3) is 0.0952. The standard InChI is InChI=1S/C21H17BrN2O/c22-16-8-5-14(6-9-16)13-23-21(25)12-15-7-10-18-17-3-1-2-4-19(17)24-20(18)11-15/h1-11,24H,12-13H2,(H,23,25). The SMILES string of the molecule is O=C(Cc1ccc2c(c1)[nH]c1ccccc12)NCc1ccc(Br)cc1. The van der Waals surface area contributed by atoms with Crippen LogP contribution >= 0.6 is 15.9 Å². The van der Waals surface area contributed by atoms with Crippen molar-refractivity contribution >= 4 is 43.6 Å². The Morgan fingerprint density at radius 3 is 2.44 bits per heavy atom. The molecule has 0 atom stereocenters. The van der Waals surface area contributed by atoms with Crippen molar-refractivity contribution in [2.24, 2.45) is 0 Å². The number of carbonyl (C=O) groups excluding carboxylic acids is 1. The van der Waals surface area contributed by atoms with E-state index >= 15 is 0 Å². The number of hydrogen-bond acceptors (Lipinski definition) is 1. The van der Waals surface area contributed by atoms with E-state index < -0.39 is 0 Å². The first kappa shape index (κ1) is 15.9. The largest absolute Gasteiger partial charge is 0.355 e. The van der Waals surface area contributed by atoms with Crippen LogP contribution in [0.4, 0.5) is 0 Å². The average molecular weight is 393 g/mol. The van der Waals surface area contributed by atoms with Gasteiger partial charge in [0.05, 0.1) is 6.42 Å². The second kappa shape index (κ2) is 6.73. The van der Waals surface area contributed by atoms with Crippen LogP contribution in [0.15, 0.2) is 71.2 Å². The number of nitrogens with one attached hydrogen (secondary N) is 2. The Morgan fingerprint density at radius 2 is 1.60 bits per heavy atom. The second-order valence-electron chi connectivity index (χ2n) is 6.13. The van der Waals surface area contributed by atoms with E-state index in [1.165, 1.54) is 10.8 Å². The van der Waals surface area contributed by atoms with Crippen LogP contribution in [0.3, 0.4) is 0 Å². The van der Waals surface area contributed by atoms with E-state index in [0.29, 0.717) is 13.0 Å². The Labute approximate surface area is 154 Å². The minimum absolute atomic E-state index is 0.0263. The minimum atomic E-state index is 0.0263. The first-order valence-corrected chi connectivity index (χ1v) is 8.99. The van der Waals surface area contributed by atoms with Crippen molar-refractivity contribution in [2.75, 3.05) is 0 Å². The van der Waals surface area contributed by atoms with E-state index in [1.807, 2.05) is 42.5 Å². The number of H-pyrrole nitrogens is 1. The molecule has 0 bridgehead atoms. The zero-order chi connectivity index (χ0) is 17.2. The number of halogens is 1. The molecule has 2 N–H and O–H groups in total. The number of amides is 1. The van der Waals surface area contributed by atoms with Gasteiger partial charge in [-0.15, -0.1) is 0 Å². The van der Waals surface area contributed by atoms with Crippen LogP contribution in [0.25, 0.3) is 21.8 Å². The molecule has 0 aliphatic carbocycles. The lowest BCUT2D eigenvalue weighted by atomic mass is 10.1. The van der Waals surface area contributed by atoms with Crippen molar-refractivity contribution in [3.8, 4) is 0 Å². The Morgan fingerprint density at radius 1 is 0.880 bits per heavy atom. The van der Waals surface area contributed by atoms with Crippen molar-refractivity contribution < 1.29 is 4.79 Å². The van der Waals surface area contributed by atoms with Gasteiger partial charge in [-0.25, -0.2) is 0 Å². The summed E-state index contributed by atoms with van der Waals surface area (Å²) >= 11 is 3.41. The van der Waals surface area contributed by atoms with E-state index in [1.54, 1.807) is 0 Å². The zero-order valence-electron chi connectivity index (χ0n) is 13.6. The maximum Gasteiger partial charge on any atom is 0.224 e. The lowest BCUT2D eigenvalue weighted by Gasteiger charge is -2.06. The first-order chi connectivity index (χ1) is 12.2. The topological polar surface area (TPSA) is 44.9 Å². The van der Waals surface area contributed by atoms with Crippen LogP contribution in [-0.2, 0) is 17.8 Å². The van der Waals surface area contributed by atoms with Gasteiger partial charge in [0.1, 0.15) is 0 Å². The highest BCUT2D eigenvalue weighted by Crippen LogP contribution is 2.25. The second-order valence-corrected chi connectivity index (χ2v) is 7.05. The van der Waals surface area contributed by atoms with Gasteiger partial charge in [0.15, 0.2) is 0 Å². The van der Waals surface area contributed by atoms with Crippen LogP contribution < -0.4 is 5.32 Å². The number of para-hydroxylation sites is 1. The fourth-order valence-corrected chi connectivity index (χ4v) is 3.33. The van der Waals surface area contributed by atoms with Gasteiger partial charge in [-0.2, -0.15) is 0 Å². The molecule has 3 nitrogen and oxygen atoms in total. The van der Waals surface area contributed by atoms with E-state index in [-0.39, 0.29) is 5.91 Å². The number of fused-ring (bicyclic) bond motifs is 3. The molecule has 1 aromatic heterocycles. The monoisotopic (exact) mass is 392 g/mol. The molecule has 4 heteroatoms. The summed E-state index contributed by atoms with van der Waals surface area (Å²) in [6.45, 7) is 0.542. The summed E-state index contributed by atoms with van der Waals surface area (Å²) in [5, 5.41) is 5.38. The molecule has 0 saturated heterocycles. The molecule has 3 aromatic carbocycles. The van der Waals surface area contributed by atoms with Crippen LogP contribution in [0.5, 0.6) is 0 Å². The molecule has 25 heavy (non-hydrogen) atoms. The summed E-state index contributed by atoms with van der Waals surface area (Å²) in [6.07, 6.45) is 0.377. The van der Waals surface area contributed by atoms with E-state index in [2.05, 4.69) is 50.5 Å². The highest BCUT2D eigenvalue weighted by molar-refractivity contribution is 9.10. The van der Waals surface area contributed by atoms with Gasteiger partial charge >= 0.3 is 0 Å². The molecule has 4 rings (SSSR count). The van der Waals surface area contributed by atoms with Gasteiger partial charge in [-0.1, -0.05) is 58.4 Å². The Kier molecular flexibility index (Phi) is 4.28. The normalized spacial score (nSPS) is 11.1. The zero-order valence-corrected chi connectivity index (χ0v) is 15.1. The number of rotatable bonds is 4. The number of carbonyl (C=O) groups is 1. The van der Waals surface area contributed by atoms with Gasteiger partial charge in [0.2, 0.25) is 5.91 Å². The molecule has 0 saturated carbocycles. The molecule has 0 fully saturated rings. The minimum Gasteiger partial charge on any atom is -0.355 e. The van der Waals surface area contributed by atoms with E-state index in [0.717, 1.165) is 26.6 Å². The molecule has 4 aromatic rings. The fourth-order valence-electron chi connectivity index (χ4n) is 3.06. The molecule has 0 unspecified atom stereocenters. The van der Waals surface area contributed by atoms with Gasteiger partial charge in [0.25, 0.3) is 0 Å². The Balaban J connectivity index is 1.47. The van der Waals surface area contributed by atoms with Crippen molar-refractivity contribution in [3.05, 3.63) is 82.3 Å². The van der Waals surface area contributed by atoms with Crippen LogP contribution in [0.2, 0.25) is 0 Å². The molecule has 0 aliphatic rings. The van der Waals surface area contributed by atoms with Gasteiger partial charge in [-0.3, -0.25) is 4.79 Å². The summed E-state index contributed by atoms with van der Waals surface area (Å²) in [5.74, 6) is 0.0263. The van der Waals surface area contributed by atoms with Gasteiger partial charge in [0, 0.05) is 32.8 Å². The lowest BCUT2D eigenvalue weighted by Crippen LogP contribution is -2.24. The van der Waals surface area contributed by atoms with Crippen molar-refractivity contribution in [1.82, 2.24) is 10.3 Å². The van der Waals surface area contributed by atoms with Gasteiger partial charge in [-0.05, 0) is 35.4 Å². The van der Waals surface area contributed by atoms with Crippen molar-refractivity contribution in [2.45, 2.75) is 13.0 Å². The molecule has 1 amide bonds.